The maximum atomic E-state index is 13.5. The van der Waals surface area contributed by atoms with E-state index in [1.807, 2.05) is 37.0 Å². The number of thioether (sulfide) groups is 2. The molecular weight excluding hydrogens is 448 g/mol. The molecule has 3 aliphatic rings. The maximum absolute atomic E-state index is 13.5. The van der Waals surface area contributed by atoms with Gasteiger partial charge in [-0.05, 0) is 37.5 Å². The molecule has 2 aliphatic heterocycles. The highest BCUT2D eigenvalue weighted by Crippen LogP contribution is 2.38. The van der Waals surface area contributed by atoms with E-state index in [4.69, 9.17) is 17.2 Å². The average molecular weight is 473 g/mol. The van der Waals surface area contributed by atoms with Gasteiger partial charge < -0.3 is 4.90 Å². The molecule has 2 aromatic rings. The van der Waals surface area contributed by atoms with Gasteiger partial charge in [0.25, 0.3) is 11.5 Å². The number of amides is 1. The molecule has 0 aromatic carbocycles. The molecule has 0 spiro atoms. The standard InChI is InChI=1S/C22H24N4O2S3/c1-14-6-7-18-23-19(24-8-10-30-11-9-24)16(20(27)25(18)13-14)12-17-21(28)26(22(29)31-17)15-4-2-3-5-15/h6-7,12-13,15H,2-5,8-11H2,1H3. The van der Waals surface area contributed by atoms with Crippen LogP contribution in [0.3, 0.4) is 0 Å². The van der Waals surface area contributed by atoms with Gasteiger partial charge in [-0.15, -0.1) is 0 Å². The summed E-state index contributed by atoms with van der Waals surface area (Å²) < 4.78 is 2.19. The second-order valence-electron chi connectivity index (χ2n) is 8.18. The first-order valence-electron chi connectivity index (χ1n) is 10.7. The number of fused-ring (bicyclic) bond motifs is 1. The lowest BCUT2D eigenvalue weighted by Crippen LogP contribution is -2.37. The Morgan fingerprint density at radius 1 is 1.16 bits per heavy atom. The number of carbonyl (C=O) groups excluding carboxylic acids is 1. The van der Waals surface area contributed by atoms with Crippen LogP contribution in [0.2, 0.25) is 0 Å². The first-order chi connectivity index (χ1) is 15.0. The Morgan fingerprint density at radius 2 is 1.90 bits per heavy atom. The van der Waals surface area contributed by atoms with Gasteiger partial charge in [0.1, 0.15) is 15.8 Å². The van der Waals surface area contributed by atoms with Gasteiger partial charge in [0.05, 0.1) is 10.5 Å². The summed E-state index contributed by atoms with van der Waals surface area (Å²) in [5, 5.41) is 0. The number of hydrogen-bond donors (Lipinski definition) is 0. The number of rotatable bonds is 3. The minimum absolute atomic E-state index is 0.0733. The molecule has 0 N–H and O–H groups in total. The van der Waals surface area contributed by atoms with E-state index in [-0.39, 0.29) is 17.5 Å². The highest BCUT2D eigenvalue weighted by molar-refractivity contribution is 8.26. The van der Waals surface area contributed by atoms with Crippen molar-refractivity contribution in [3.05, 3.63) is 44.7 Å². The molecule has 0 radical (unpaired) electrons. The van der Waals surface area contributed by atoms with Crippen molar-refractivity contribution >= 4 is 63.5 Å². The van der Waals surface area contributed by atoms with Gasteiger partial charge in [-0.2, -0.15) is 11.8 Å². The molecule has 1 saturated carbocycles. The second-order valence-corrected chi connectivity index (χ2v) is 11.1. The molecule has 0 bridgehead atoms. The minimum atomic E-state index is -0.145. The van der Waals surface area contributed by atoms with Crippen LogP contribution in [0.1, 0.15) is 36.8 Å². The number of anilines is 1. The third-order valence-electron chi connectivity index (χ3n) is 6.08. The van der Waals surface area contributed by atoms with Gasteiger partial charge in [-0.25, -0.2) is 4.98 Å². The Bertz CT molecular complexity index is 1150. The van der Waals surface area contributed by atoms with E-state index in [1.165, 1.54) is 11.8 Å². The molecule has 31 heavy (non-hydrogen) atoms. The topological polar surface area (TPSA) is 57.9 Å². The first-order valence-corrected chi connectivity index (χ1v) is 13.0. The molecule has 5 rings (SSSR count). The van der Waals surface area contributed by atoms with Crippen molar-refractivity contribution in [3.63, 3.8) is 0 Å². The molecule has 1 amide bonds. The Labute approximate surface area is 195 Å². The predicted octanol–water partition coefficient (Wildman–Crippen LogP) is 3.70. The van der Waals surface area contributed by atoms with E-state index in [0.717, 1.165) is 55.8 Å². The van der Waals surface area contributed by atoms with Gasteiger partial charge in [-0.3, -0.25) is 18.9 Å². The zero-order valence-electron chi connectivity index (χ0n) is 17.4. The number of hydrogen-bond acceptors (Lipinski definition) is 7. The Morgan fingerprint density at radius 3 is 2.65 bits per heavy atom. The SMILES string of the molecule is Cc1ccc2nc(N3CCSCC3)c(C=C3SC(=S)N(C4CCCC4)C3=O)c(=O)n2c1. The number of pyridine rings is 1. The molecular formula is C22H24N4O2S3. The number of aryl methyl sites for hydroxylation is 1. The molecule has 3 fully saturated rings. The highest BCUT2D eigenvalue weighted by atomic mass is 32.2. The van der Waals surface area contributed by atoms with Gasteiger partial charge in [-0.1, -0.05) is 42.9 Å². The molecule has 4 heterocycles. The lowest BCUT2D eigenvalue weighted by molar-refractivity contribution is -0.123. The lowest BCUT2D eigenvalue weighted by atomic mass is 10.2. The quantitative estimate of drug-likeness (QED) is 0.499. The summed E-state index contributed by atoms with van der Waals surface area (Å²) in [5.74, 6) is 2.59. The second kappa shape index (κ2) is 8.60. The lowest BCUT2D eigenvalue weighted by Gasteiger charge is -2.28. The average Bonchev–Trinajstić information content (AvgIpc) is 3.39. The predicted molar refractivity (Wildman–Crippen MR) is 133 cm³/mol. The van der Waals surface area contributed by atoms with Gasteiger partial charge in [0.15, 0.2) is 0 Å². The van der Waals surface area contributed by atoms with E-state index >= 15 is 0 Å². The van der Waals surface area contributed by atoms with Crippen LogP contribution in [-0.4, -0.2) is 55.1 Å². The van der Waals surface area contributed by atoms with Crippen LogP contribution in [0.15, 0.2) is 28.0 Å². The molecule has 6 nitrogen and oxygen atoms in total. The summed E-state index contributed by atoms with van der Waals surface area (Å²) in [4.78, 5) is 36.1. The van der Waals surface area contributed by atoms with Gasteiger partial charge >= 0.3 is 0 Å². The van der Waals surface area contributed by atoms with Crippen molar-refractivity contribution in [2.45, 2.75) is 38.6 Å². The van der Waals surface area contributed by atoms with E-state index in [9.17, 15) is 9.59 Å². The maximum Gasteiger partial charge on any atom is 0.267 e. The third kappa shape index (κ3) is 3.91. The number of aromatic nitrogens is 2. The van der Waals surface area contributed by atoms with Crippen molar-refractivity contribution < 1.29 is 4.79 Å². The highest BCUT2D eigenvalue weighted by Gasteiger charge is 2.38. The normalized spacial score (nSPS) is 21.8. The van der Waals surface area contributed by atoms with Crippen LogP contribution in [-0.2, 0) is 4.79 Å². The monoisotopic (exact) mass is 472 g/mol. The Kier molecular flexibility index (Phi) is 5.83. The Balaban J connectivity index is 1.62. The van der Waals surface area contributed by atoms with Crippen LogP contribution >= 0.6 is 35.7 Å². The van der Waals surface area contributed by atoms with Crippen LogP contribution in [0, 0.1) is 6.92 Å². The fourth-order valence-corrected chi connectivity index (χ4v) is 6.76. The van der Waals surface area contributed by atoms with E-state index in [0.29, 0.717) is 26.3 Å². The zero-order chi connectivity index (χ0) is 21.5. The van der Waals surface area contributed by atoms with Crippen molar-refractivity contribution in [1.82, 2.24) is 14.3 Å². The third-order valence-corrected chi connectivity index (χ3v) is 8.36. The van der Waals surface area contributed by atoms with Crippen LogP contribution in [0.25, 0.3) is 11.7 Å². The Hall–Kier alpha value is -1.84. The van der Waals surface area contributed by atoms with Crippen molar-refractivity contribution in [2.24, 2.45) is 0 Å². The summed E-state index contributed by atoms with van der Waals surface area (Å²) in [7, 11) is 0. The molecule has 2 saturated heterocycles. The summed E-state index contributed by atoms with van der Waals surface area (Å²) >= 11 is 8.76. The molecule has 0 atom stereocenters. The first kappa shape index (κ1) is 21.0. The fourth-order valence-electron chi connectivity index (χ4n) is 4.48. The smallest absolute Gasteiger partial charge is 0.267 e. The molecule has 1 aliphatic carbocycles. The summed E-state index contributed by atoms with van der Waals surface area (Å²) in [6.45, 7) is 3.63. The summed E-state index contributed by atoms with van der Waals surface area (Å²) in [5.41, 5.74) is 1.94. The largest absolute Gasteiger partial charge is 0.354 e. The summed E-state index contributed by atoms with van der Waals surface area (Å²) in [6.07, 6.45) is 7.79. The van der Waals surface area contributed by atoms with Crippen LogP contribution < -0.4 is 10.5 Å². The number of carbonyl (C=O) groups is 1. The molecule has 0 unspecified atom stereocenters. The van der Waals surface area contributed by atoms with Crippen molar-refractivity contribution in [2.75, 3.05) is 29.5 Å². The number of thiocarbonyl (C=S) groups is 1. The minimum Gasteiger partial charge on any atom is -0.354 e. The summed E-state index contributed by atoms with van der Waals surface area (Å²) in [6, 6.07) is 4.03. The number of nitrogens with zero attached hydrogens (tertiary/aromatic N) is 4. The van der Waals surface area contributed by atoms with Gasteiger partial charge in [0.2, 0.25) is 0 Å². The van der Waals surface area contributed by atoms with E-state index in [1.54, 1.807) is 15.4 Å². The van der Waals surface area contributed by atoms with E-state index < -0.39 is 0 Å². The zero-order valence-corrected chi connectivity index (χ0v) is 19.8. The molecule has 9 heteroatoms. The molecule has 162 valence electrons. The van der Waals surface area contributed by atoms with E-state index in [2.05, 4.69) is 4.90 Å². The van der Waals surface area contributed by atoms with Crippen LogP contribution in [0.5, 0.6) is 0 Å². The van der Waals surface area contributed by atoms with Crippen LogP contribution in [0.4, 0.5) is 5.82 Å². The fraction of sp³-hybridized carbons (Fsp3) is 0.455. The van der Waals surface area contributed by atoms with Crippen molar-refractivity contribution in [1.29, 1.82) is 0 Å². The van der Waals surface area contributed by atoms with Gasteiger partial charge in [0, 0.05) is 36.8 Å². The van der Waals surface area contributed by atoms with Crippen molar-refractivity contribution in [3.8, 4) is 0 Å². The molecule has 2 aromatic heterocycles.